The summed E-state index contributed by atoms with van der Waals surface area (Å²) in [5.41, 5.74) is 6.49. The Kier molecular flexibility index (Phi) is 5.05. The van der Waals surface area contributed by atoms with Crippen LogP contribution >= 0.6 is 0 Å². The van der Waals surface area contributed by atoms with Crippen LogP contribution < -0.4 is 5.32 Å². The molecule has 0 saturated heterocycles. The van der Waals surface area contributed by atoms with Crippen LogP contribution in [-0.2, 0) is 13.1 Å². The molecule has 0 radical (unpaired) electrons. The number of benzene rings is 3. The van der Waals surface area contributed by atoms with Crippen LogP contribution in [0.3, 0.4) is 0 Å². The van der Waals surface area contributed by atoms with Gasteiger partial charge in [-0.15, -0.1) is 0 Å². The molecule has 0 atom stereocenters. The van der Waals surface area contributed by atoms with E-state index in [0.717, 1.165) is 29.8 Å². The zero-order valence-electron chi connectivity index (χ0n) is 13.8. The van der Waals surface area contributed by atoms with Crippen LogP contribution in [0.25, 0.3) is 11.1 Å². The van der Waals surface area contributed by atoms with Gasteiger partial charge in [-0.3, -0.25) is 0 Å². The third kappa shape index (κ3) is 3.71. The van der Waals surface area contributed by atoms with Gasteiger partial charge in [0.05, 0.1) is 11.6 Å². The van der Waals surface area contributed by atoms with Crippen molar-refractivity contribution in [1.82, 2.24) is 5.32 Å². The van der Waals surface area contributed by atoms with E-state index in [1.807, 2.05) is 30.3 Å². The molecule has 0 fully saturated rings. The van der Waals surface area contributed by atoms with Crippen molar-refractivity contribution in [3.8, 4) is 17.2 Å². The van der Waals surface area contributed by atoms with Crippen molar-refractivity contribution in [2.75, 3.05) is 0 Å². The minimum atomic E-state index is 0.719. The van der Waals surface area contributed by atoms with Crippen molar-refractivity contribution in [2.24, 2.45) is 0 Å². The molecule has 2 nitrogen and oxygen atoms in total. The topological polar surface area (TPSA) is 35.8 Å². The Labute approximate surface area is 143 Å². The van der Waals surface area contributed by atoms with Crippen LogP contribution in [0, 0.1) is 18.3 Å². The Morgan fingerprint density at radius 2 is 1.50 bits per heavy atom. The molecule has 0 bridgehead atoms. The van der Waals surface area contributed by atoms with Gasteiger partial charge in [-0.2, -0.15) is 5.26 Å². The van der Waals surface area contributed by atoms with Crippen LogP contribution in [0.5, 0.6) is 0 Å². The number of nitriles is 1. The van der Waals surface area contributed by atoms with Gasteiger partial charge < -0.3 is 5.32 Å². The fourth-order valence-electron chi connectivity index (χ4n) is 2.84. The van der Waals surface area contributed by atoms with Gasteiger partial charge in [0.1, 0.15) is 0 Å². The molecule has 0 aliphatic carbocycles. The van der Waals surface area contributed by atoms with Gasteiger partial charge in [-0.25, -0.2) is 0 Å². The number of hydrogen-bond donors (Lipinski definition) is 1. The van der Waals surface area contributed by atoms with Gasteiger partial charge in [0.25, 0.3) is 0 Å². The molecule has 0 spiro atoms. The predicted molar refractivity (Wildman–Crippen MR) is 98.3 cm³/mol. The Hall–Kier alpha value is -2.89. The highest BCUT2D eigenvalue weighted by atomic mass is 14.8. The molecule has 3 aromatic rings. The van der Waals surface area contributed by atoms with Crippen molar-refractivity contribution in [2.45, 2.75) is 20.0 Å². The molecule has 0 aliphatic rings. The summed E-state index contributed by atoms with van der Waals surface area (Å²) in [5, 5.41) is 12.9. The molecule has 0 saturated carbocycles. The second-order valence-corrected chi connectivity index (χ2v) is 5.90. The minimum absolute atomic E-state index is 0.719. The highest BCUT2D eigenvalue weighted by Gasteiger charge is 2.08. The van der Waals surface area contributed by atoms with Crippen molar-refractivity contribution >= 4 is 0 Å². The van der Waals surface area contributed by atoms with Gasteiger partial charge in [-0.05, 0) is 41.3 Å². The number of nitrogens with zero attached hydrogens (tertiary/aromatic N) is 1. The lowest BCUT2D eigenvalue weighted by Crippen LogP contribution is -2.12. The monoisotopic (exact) mass is 312 g/mol. The first kappa shape index (κ1) is 16.0. The van der Waals surface area contributed by atoms with Crippen molar-refractivity contribution < 1.29 is 0 Å². The first-order valence-electron chi connectivity index (χ1n) is 8.11. The standard InChI is InChI=1S/C22H20N2/c1-17-7-5-6-10-21(17)22-13-19(11-12-20(22)14-23)16-24-15-18-8-3-2-4-9-18/h2-13,24H,15-16H2,1H3. The number of hydrogen-bond acceptors (Lipinski definition) is 2. The summed E-state index contributed by atoms with van der Waals surface area (Å²) in [5.74, 6) is 0. The molecule has 0 amide bonds. The predicted octanol–water partition coefficient (Wildman–Crippen LogP) is 4.82. The van der Waals surface area contributed by atoms with Gasteiger partial charge >= 0.3 is 0 Å². The maximum absolute atomic E-state index is 9.42. The maximum Gasteiger partial charge on any atom is 0.0998 e. The third-order valence-corrected chi connectivity index (χ3v) is 4.14. The molecule has 0 heterocycles. The summed E-state index contributed by atoms with van der Waals surface area (Å²) >= 11 is 0. The van der Waals surface area contributed by atoms with Crippen molar-refractivity contribution in [3.05, 3.63) is 95.1 Å². The average Bonchev–Trinajstić information content (AvgIpc) is 2.63. The van der Waals surface area contributed by atoms with E-state index in [1.165, 1.54) is 16.7 Å². The van der Waals surface area contributed by atoms with Gasteiger partial charge in [0.15, 0.2) is 0 Å². The van der Waals surface area contributed by atoms with E-state index in [9.17, 15) is 5.26 Å². The van der Waals surface area contributed by atoms with E-state index < -0.39 is 0 Å². The van der Waals surface area contributed by atoms with Crippen LogP contribution in [-0.4, -0.2) is 0 Å². The summed E-state index contributed by atoms with van der Waals surface area (Å²) < 4.78 is 0. The Bertz CT molecular complexity index is 861. The lowest BCUT2D eigenvalue weighted by molar-refractivity contribution is 0.693. The molecule has 0 aromatic heterocycles. The van der Waals surface area contributed by atoms with Crippen molar-refractivity contribution in [3.63, 3.8) is 0 Å². The summed E-state index contributed by atoms with van der Waals surface area (Å²) in [6.45, 7) is 3.69. The smallest absolute Gasteiger partial charge is 0.0998 e. The number of rotatable bonds is 5. The highest BCUT2D eigenvalue weighted by molar-refractivity contribution is 5.73. The zero-order chi connectivity index (χ0) is 16.8. The molecule has 1 N–H and O–H groups in total. The summed E-state index contributed by atoms with van der Waals surface area (Å²) in [7, 11) is 0. The first-order chi connectivity index (χ1) is 11.8. The summed E-state index contributed by atoms with van der Waals surface area (Å²) in [6, 6.07) is 26.9. The molecule has 3 rings (SSSR count). The second-order valence-electron chi connectivity index (χ2n) is 5.90. The SMILES string of the molecule is Cc1ccccc1-c1cc(CNCc2ccccc2)ccc1C#N. The van der Waals surface area contributed by atoms with E-state index in [2.05, 4.69) is 60.8 Å². The van der Waals surface area contributed by atoms with E-state index in [0.29, 0.717) is 0 Å². The molecule has 3 aromatic carbocycles. The highest BCUT2D eigenvalue weighted by Crippen LogP contribution is 2.27. The van der Waals surface area contributed by atoms with Gasteiger partial charge in [0.2, 0.25) is 0 Å². The van der Waals surface area contributed by atoms with E-state index in [-0.39, 0.29) is 0 Å². The van der Waals surface area contributed by atoms with E-state index in [4.69, 9.17) is 0 Å². The second kappa shape index (κ2) is 7.59. The van der Waals surface area contributed by atoms with E-state index >= 15 is 0 Å². The molecule has 0 unspecified atom stereocenters. The lowest BCUT2D eigenvalue weighted by Gasteiger charge is -2.11. The number of nitrogens with one attached hydrogen (secondary N) is 1. The number of aryl methyl sites for hydroxylation is 1. The molecular formula is C22H20N2. The fourth-order valence-corrected chi connectivity index (χ4v) is 2.84. The van der Waals surface area contributed by atoms with Gasteiger partial charge in [0, 0.05) is 18.7 Å². The Balaban J connectivity index is 1.80. The van der Waals surface area contributed by atoms with Gasteiger partial charge in [-0.1, -0.05) is 60.7 Å². The zero-order valence-corrected chi connectivity index (χ0v) is 13.8. The van der Waals surface area contributed by atoms with Crippen LogP contribution in [0.4, 0.5) is 0 Å². The quantitative estimate of drug-likeness (QED) is 0.733. The lowest BCUT2D eigenvalue weighted by atomic mass is 9.94. The molecule has 118 valence electrons. The van der Waals surface area contributed by atoms with Crippen molar-refractivity contribution in [1.29, 1.82) is 5.26 Å². The largest absolute Gasteiger partial charge is 0.309 e. The average molecular weight is 312 g/mol. The Morgan fingerprint density at radius 1 is 0.792 bits per heavy atom. The summed E-state index contributed by atoms with van der Waals surface area (Å²) in [4.78, 5) is 0. The maximum atomic E-state index is 9.42. The third-order valence-electron chi connectivity index (χ3n) is 4.14. The first-order valence-corrected chi connectivity index (χ1v) is 8.11. The molecule has 2 heteroatoms. The Morgan fingerprint density at radius 3 is 2.25 bits per heavy atom. The normalized spacial score (nSPS) is 10.3. The molecule has 0 aliphatic heterocycles. The minimum Gasteiger partial charge on any atom is -0.309 e. The molecular weight excluding hydrogens is 292 g/mol. The van der Waals surface area contributed by atoms with Crippen LogP contribution in [0.2, 0.25) is 0 Å². The fraction of sp³-hybridized carbons (Fsp3) is 0.136. The summed E-state index contributed by atoms with van der Waals surface area (Å²) in [6.07, 6.45) is 0. The van der Waals surface area contributed by atoms with E-state index in [1.54, 1.807) is 0 Å². The molecule has 24 heavy (non-hydrogen) atoms. The van der Waals surface area contributed by atoms with Crippen LogP contribution in [0.15, 0.2) is 72.8 Å². The van der Waals surface area contributed by atoms with Crippen LogP contribution in [0.1, 0.15) is 22.3 Å².